The number of carbonyl (C=O) groups is 5. The predicted octanol–water partition coefficient (Wildman–Crippen LogP) is 5.27. The first kappa shape index (κ1) is 38.1. The summed E-state index contributed by atoms with van der Waals surface area (Å²) in [6.45, 7) is 2.02. The maximum atomic E-state index is 13.1. The number of aromatic nitrogens is 3. The zero-order valence-electron chi connectivity index (χ0n) is 33.8. The summed E-state index contributed by atoms with van der Waals surface area (Å²) in [5, 5.41) is 4.55. The standard InChI is InChI=1S/C46H47N7O7/c1-50(29-18-32(19-29)60-41-13-7-28(23-48-41)27-6-9-33-36-24-47-15-14-37(36)51(2)39(33)17-27)30-21-46(22-30)25-52(26-46)42(55)5-3-4-16-59-31-8-10-34-35(20-31)45(58)53(44(34)57)38-11-12-40(54)49-43(38)56/h6-10,13-15,17,20,23-24,29-30,32,38H,3-5,11-12,16,18-19,21-22,25-26H2,1-2H3,(H,49,54,56). The number of rotatable bonds is 12. The highest BCUT2D eigenvalue weighted by molar-refractivity contribution is 6.23. The summed E-state index contributed by atoms with van der Waals surface area (Å²) < 4.78 is 14.3. The van der Waals surface area contributed by atoms with Crippen molar-refractivity contribution in [2.75, 3.05) is 26.7 Å². The van der Waals surface area contributed by atoms with Crippen LogP contribution in [0.5, 0.6) is 11.6 Å². The number of unbranched alkanes of at least 4 members (excludes halogenated alkanes) is 1. The van der Waals surface area contributed by atoms with Crippen molar-refractivity contribution in [2.24, 2.45) is 12.5 Å². The summed E-state index contributed by atoms with van der Waals surface area (Å²) in [5.74, 6) is -0.893. The van der Waals surface area contributed by atoms with Crippen LogP contribution in [-0.4, -0.2) is 110 Å². The molecule has 5 amide bonds. The third-order valence-electron chi connectivity index (χ3n) is 13.6. The molecule has 6 heterocycles. The number of pyridine rings is 2. The molecule has 5 aromatic rings. The fraction of sp³-hybridized carbons (Fsp3) is 0.413. The van der Waals surface area contributed by atoms with Gasteiger partial charge in [0.2, 0.25) is 23.6 Å². The molecule has 2 saturated heterocycles. The Morgan fingerprint density at radius 3 is 2.47 bits per heavy atom. The molecule has 3 aliphatic heterocycles. The van der Waals surface area contributed by atoms with E-state index in [1.165, 1.54) is 17.5 Å². The number of fused-ring (bicyclic) bond motifs is 4. The molecule has 60 heavy (non-hydrogen) atoms. The number of amides is 5. The highest BCUT2D eigenvalue weighted by atomic mass is 16.5. The van der Waals surface area contributed by atoms with Gasteiger partial charge in [-0.2, -0.15) is 0 Å². The second-order valence-corrected chi connectivity index (χ2v) is 17.4. The lowest BCUT2D eigenvalue weighted by Crippen LogP contribution is -2.68. The Labute approximate surface area is 346 Å². The minimum absolute atomic E-state index is 0.0672. The lowest BCUT2D eigenvalue weighted by Gasteiger charge is -2.62. The first-order chi connectivity index (χ1) is 29.0. The van der Waals surface area contributed by atoms with Gasteiger partial charge in [0.15, 0.2) is 0 Å². The first-order valence-corrected chi connectivity index (χ1v) is 21.0. The van der Waals surface area contributed by atoms with Crippen molar-refractivity contribution < 1.29 is 33.4 Å². The molecule has 5 aliphatic rings. The van der Waals surface area contributed by atoms with Crippen molar-refractivity contribution in [3.63, 3.8) is 0 Å². The van der Waals surface area contributed by atoms with E-state index in [1.54, 1.807) is 6.07 Å². The fourth-order valence-corrected chi connectivity index (χ4v) is 9.98. The molecule has 2 saturated carbocycles. The molecule has 14 nitrogen and oxygen atoms in total. The number of hydrogen-bond donors (Lipinski definition) is 1. The molecular weight excluding hydrogens is 763 g/mol. The number of benzene rings is 2. The van der Waals surface area contributed by atoms with Gasteiger partial charge < -0.3 is 23.8 Å². The largest absolute Gasteiger partial charge is 0.494 e. The number of aryl methyl sites for hydroxylation is 1. The van der Waals surface area contributed by atoms with Crippen molar-refractivity contribution in [3.8, 4) is 22.8 Å². The maximum absolute atomic E-state index is 13.1. The highest BCUT2D eigenvalue weighted by Gasteiger charge is 2.55. The van der Waals surface area contributed by atoms with E-state index in [1.807, 2.05) is 35.6 Å². The summed E-state index contributed by atoms with van der Waals surface area (Å²) >= 11 is 0. The number of hydrogen-bond acceptors (Lipinski definition) is 10. The predicted molar refractivity (Wildman–Crippen MR) is 221 cm³/mol. The molecule has 10 rings (SSSR count). The SMILES string of the molecule is CN(C1CC(Oc2ccc(-c3ccc4c5cnccc5n(C)c4c3)cn2)C1)C1CC2(C1)CN(C(=O)CCCCOc1ccc3c(c1)C(=O)N(C1CCC(=O)NC1=O)C3=O)C2. The number of ether oxygens (including phenoxy) is 2. The van der Waals surface area contributed by atoms with E-state index in [0.717, 1.165) is 71.2 Å². The normalized spacial score (nSPS) is 22.2. The van der Waals surface area contributed by atoms with Crippen molar-refractivity contribution in [1.82, 2.24) is 34.6 Å². The molecule has 0 bridgehead atoms. The van der Waals surface area contributed by atoms with E-state index < -0.39 is 29.7 Å². The Kier molecular flexibility index (Phi) is 9.42. The van der Waals surface area contributed by atoms with Crippen molar-refractivity contribution in [2.45, 2.75) is 82.0 Å². The lowest BCUT2D eigenvalue weighted by molar-refractivity contribution is -0.160. The third-order valence-corrected chi connectivity index (χ3v) is 13.6. The molecule has 0 radical (unpaired) electrons. The Hall–Kier alpha value is -6.15. The lowest BCUT2D eigenvalue weighted by atomic mass is 9.59. The number of piperidine rings is 1. The van der Waals surface area contributed by atoms with Gasteiger partial charge in [0, 0.05) is 110 Å². The van der Waals surface area contributed by atoms with Crippen molar-refractivity contribution >= 4 is 51.3 Å². The van der Waals surface area contributed by atoms with Gasteiger partial charge in [0.1, 0.15) is 17.9 Å². The highest BCUT2D eigenvalue weighted by Crippen LogP contribution is 2.51. The van der Waals surface area contributed by atoms with Crippen LogP contribution < -0.4 is 14.8 Å². The Balaban J connectivity index is 0.620. The quantitative estimate of drug-likeness (QED) is 0.130. The van der Waals surface area contributed by atoms with Crippen LogP contribution in [0.4, 0.5) is 0 Å². The van der Waals surface area contributed by atoms with Crippen molar-refractivity contribution in [1.29, 1.82) is 0 Å². The van der Waals surface area contributed by atoms with Crippen LogP contribution in [0.2, 0.25) is 0 Å². The Morgan fingerprint density at radius 1 is 0.883 bits per heavy atom. The molecule has 3 aromatic heterocycles. The van der Waals surface area contributed by atoms with Crippen LogP contribution >= 0.6 is 0 Å². The second-order valence-electron chi connectivity index (χ2n) is 17.4. The molecule has 1 N–H and O–H groups in total. The minimum atomic E-state index is -1.01. The topological polar surface area (TPSA) is 156 Å². The molecule has 4 fully saturated rings. The van der Waals surface area contributed by atoms with Gasteiger partial charge in [-0.05, 0) is 81.1 Å². The molecule has 2 aliphatic carbocycles. The summed E-state index contributed by atoms with van der Waals surface area (Å²) in [7, 11) is 4.32. The summed E-state index contributed by atoms with van der Waals surface area (Å²) in [5.41, 5.74) is 5.14. The number of nitrogens with zero attached hydrogens (tertiary/aromatic N) is 6. The van der Waals surface area contributed by atoms with Crippen LogP contribution in [0.15, 0.2) is 73.2 Å². The molecule has 14 heteroatoms. The van der Waals surface area contributed by atoms with Gasteiger partial charge in [-0.25, -0.2) is 4.98 Å². The van der Waals surface area contributed by atoms with Gasteiger partial charge in [0.25, 0.3) is 11.8 Å². The van der Waals surface area contributed by atoms with E-state index in [2.05, 4.69) is 63.1 Å². The average Bonchev–Trinajstić information content (AvgIpc) is 3.62. The van der Waals surface area contributed by atoms with Crippen LogP contribution in [-0.2, 0) is 21.4 Å². The average molecular weight is 810 g/mol. The minimum Gasteiger partial charge on any atom is -0.494 e. The smallest absolute Gasteiger partial charge is 0.262 e. The van der Waals surface area contributed by atoms with E-state index in [4.69, 9.17) is 9.47 Å². The van der Waals surface area contributed by atoms with Gasteiger partial charge in [-0.15, -0.1) is 0 Å². The van der Waals surface area contributed by atoms with E-state index in [0.29, 0.717) is 49.6 Å². The monoisotopic (exact) mass is 809 g/mol. The van der Waals surface area contributed by atoms with Crippen LogP contribution in [0.1, 0.15) is 78.5 Å². The van der Waals surface area contributed by atoms with Gasteiger partial charge >= 0.3 is 0 Å². The molecule has 2 aromatic carbocycles. The van der Waals surface area contributed by atoms with Crippen LogP contribution in [0.3, 0.4) is 0 Å². The Morgan fingerprint density at radius 2 is 1.68 bits per heavy atom. The number of imide groups is 2. The zero-order chi connectivity index (χ0) is 41.3. The first-order valence-electron chi connectivity index (χ1n) is 21.0. The molecule has 1 spiro atoms. The Bertz CT molecular complexity index is 2570. The van der Waals surface area contributed by atoms with E-state index in [-0.39, 0.29) is 41.4 Å². The number of nitrogens with one attached hydrogen (secondary N) is 1. The summed E-state index contributed by atoms with van der Waals surface area (Å²) in [4.78, 5) is 77.3. The fourth-order valence-electron chi connectivity index (χ4n) is 9.98. The summed E-state index contributed by atoms with van der Waals surface area (Å²) in [6, 6.07) is 17.3. The van der Waals surface area contributed by atoms with E-state index in [9.17, 15) is 24.0 Å². The van der Waals surface area contributed by atoms with Gasteiger partial charge in [0.05, 0.1) is 23.3 Å². The third kappa shape index (κ3) is 6.66. The number of likely N-dealkylation sites (tertiary alicyclic amines) is 1. The van der Waals surface area contributed by atoms with Crippen LogP contribution in [0.25, 0.3) is 32.9 Å². The molecular formula is C46H47N7O7. The van der Waals surface area contributed by atoms with Crippen molar-refractivity contribution in [3.05, 3.63) is 84.3 Å². The van der Waals surface area contributed by atoms with Gasteiger partial charge in [-0.3, -0.25) is 39.2 Å². The zero-order valence-corrected chi connectivity index (χ0v) is 33.8. The van der Waals surface area contributed by atoms with E-state index >= 15 is 0 Å². The van der Waals surface area contributed by atoms with Gasteiger partial charge in [-0.1, -0.05) is 12.1 Å². The molecule has 1 atom stereocenters. The second kappa shape index (κ2) is 14.8. The van der Waals surface area contributed by atoms with Crippen LogP contribution in [0, 0.1) is 5.41 Å². The molecule has 1 unspecified atom stereocenters. The molecule has 308 valence electrons. The maximum Gasteiger partial charge on any atom is 0.262 e. The summed E-state index contributed by atoms with van der Waals surface area (Å²) in [6.07, 6.45) is 12.0. The number of carbonyl (C=O) groups excluding carboxylic acids is 5.